The predicted molar refractivity (Wildman–Crippen MR) is 75.3 cm³/mol. The lowest BCUT2D eigenvalue weighted by molar-refractivity contribution is -0.112. The molecule has 20 heavy (non-hydrogen) atoms. The molecule has 0 aromatic heterocycles. The number of anilines is 1. The minimum atomic E-state index is -0.736. The first-order valence-electron chi connectivity index (χ1n) is 6.16. The van der Waals surface area contributed by atoms with Crippen molar-refractivity contribution < 1.29 is 14.0 Å². The Bertz CT molecular complexity index is 663. The van der Waals surface area contributed by atoms with Crippen LogP contribution >= 0.6 is 0 Å². The Balaban J connectivity index is 2.14. The van der Waals surface area contributed by atoms with Gasteiger partial charge in [0.15, 0.2) is 0 Å². The summed E-state index contributed by atoms with van der Waals surface area (Å²) in [5.41, 5.74) is 2.73. The smallest absolute Gasteiger partial charge is 0.296 e. The third kappa shape index (κ3) is 3.09. The van der Waals surface area contributed by atoms with Crippen LogP contribution in [0.3, 0.4) is 0 Å². The second kappa shape index (κ2) is 5.65. The van der Waals surface area contributed by atoms with E-state index >= 15 is 0 Å². The fourth-order valence-electron chi connectivity index (χ4n) is 1.73. The molecule has 2 rings (SSSR count). The minimum Gasteiger partial charge on any atom is -0.319 e. The maximum atomic E-state index is 12.8. The molecule has 0 aliphatic rings. The fraction of sp³-hybridized carbons (Fsp3) is 0.125. The molecule has 0 spiro atoms. The van der Waals surface area contributed by atoms with Crippen LogP contribution in [0.4, 0.5) is 10.1 Å². The zero-order valence-corrected chi connectivity index (χ0v) is 11.2. The number of hydrogen-bond donors (Lipinski definition) is 1. The normalized spacial score (nSPS) is 10.2. The largest absolute Gasteiger partial charge is 0.319 e. The van der Waals surface area contributed by atoms with E-state index in [1.807, 2.05) is 13.8 Å². The van der Waals surface area contributed by atoms with E-state index in [1.165, 1.54) is 24.3 Å². The Hall–Kier alpha value is -2.49. The SMILES string of the molecule is Cc1ccc(C(=O)C(=O)Nc2ccc(F)cc2)cc1C. The van der Waals surface area contributed by atoms with E-state index in [0.29, 0.717) is 11.3 Å². The molecule has 3 nitrogen and oxygen atoms in total. The van der Waals surface area contributed by atoms with Crippen molar-refractivity contribution in [2.24, 2.45) is 0 Å². The lowest BCUT2D eigenvalue weighted by Gasteiger charge is -2.06. The van der Waals surface area contributed by atoms with Crippen LogP contribution in [0.1, 0.15) is 21.5 Å². The van der Waals surface area contributed by atoms with Crippen LogP contribution in [0.5, 0.6) is 0 Å². The van der Waals surface area contributed by atoms with Crippen molar-refractivity contribution in [3.05, 3.63) is 65.0 Å². The molecule has 0 saturated carbocycles. The van der Waals surface area contributed by atoms with E-state index in [0.717, 1.165) is 11.1 Å². The van der Waals surface area contributed by atoms with Gasteiger partial charge in [-0.25, -0.2) is 4.39 Å². The van der Waals surface area contributed by atoms with Crippen LogP contribution in [-0.4, -0.2) is 11.7 Å². The number of benzene rings is 2. The van der Waals surface area contributed by atoms with Gasteiger partial charge in [0.25, 0.3) is 11.7 Å². The van der Waals surface area contributed by atoms with Gasteiger partial charge < -0.3 is 5.32 Å². The molecular weight excluding hydrogens is 257 g/mol. The zero-order chi connectivity index (χ0) is 14.7. The molecule has 0 aliphatic carbocycles. The van der Waals surface area contributed by atoms with Gasteiger partial charge in [-0.15, -0.1) is 0 Å². The maximum absolute atomic E-state index is 12.8. The first-order chi connectivity index (χ1) is 9.47. The molecular formula is C16H14FNO2. The summed E-state index contributed by atoms with van der Waals surface area (Å²) in [6.45, 7) is 3.81. The van der Waals surface area contributed by atoms with Crippen molar-refractivity contribution >= 4 is 17.4 Å². The summed E-state index contributed by atoms with van der Waals surface area (Å²) in [5.74, 6) is -1.75. The quantitative estimate of drug-likeness (QED) is 0.688. The first-order valence-corrected chi connectivity index (χ1v) is 6.16. The van der Waals surface area contributed by atoms with Crippen LogP contribution in [0.25, 0.3) is 0 Å². The van der Waals surface area contributed by atoms with Gasteiger partial charge in [-0.2, -0.15) is 0 Å². The topological polar surface area (TPSA) is 46.2 Å². The number of amides is 1. The van der Waals surface area contributed by atoms with Crippen molar-refractivity contribution in [2.45, 2.75) is 13.8 Å². The van der Waals surface area contributed by atoms with Gasteiger partial charge in [0, 0.05) is 11.3 Å². The van der Waals surface area contributed by atoms with Gasteiger partial charge in [0.2, 0.25) is 0 Å². The van der Waals surface area contributed by atoms with E-state index in [1.54, 1.807) is 18.2 Å². The molecule has 1 amide bonds. The van der Waals surface area contributed by atoms with E-state index in [2.05, 4.69) is 5.32 Å². The molecule has 0 unspecified atom stereocenters. The molecule has 0 bridgehead atoms. The van der Waals surface area contributed by atoms with E-state index in [9.17, 15) is 14.0 Å². The molecule has 0 fully saturated rings. The summed E-state index contributed by atoms with van der Waals surface area (Å²) in [6, 6.07) is 10.3. The van der Waals surface area contributed by atoms with Gasteiger partial charge in [-0.3, -0.25) is 9.59 Å². The Morgan fingerprint density at radius 3 is 2.20 bits per heavy atom. The summed E-state index contributed by atoms with van der Waals surface area (Å²) in [6.07, 6.45) is 0. The number of nitrogens with one attached hydrogen (secondary N) is 1. The van der Waals surface area contributed by atoms with Gasteiger partial charge in [-0.1, -0.05) is 12.1 Å². The molecule has 102 valence electrons. The van der Waals surface area contributed by atoms with Crippen molar-refractivity contribution in [3.8, 4) is 0 Å². The van der Waals surface area contributed by atoms with Crippen LogP contribution < -0.4 is 5.32 Å². The molecule has 4 heteroatoms. The molecule has 0 atom stereocenters. The Kier molecular flexibility index (Phi) is 3.94. The van der Waals surface area contributed by atoms with Crippen LogP contribution in [0.2, 0.25) is 0 Å². The van der Waals surface area contributed by atoms with E-state index < -0.39 is 17.5 Å². The molecule has 0 radical (unpaired) electrons. The van der Waals surface area contributed by atoms with Gasteiger partial charge >= 0.3 is 0 Å². The van der Waals surface area contributed by atoms with Crippen molar-refractivity contribution in [3.63, 3.8) is 0 Å². The predicted octanol–water partition coefficient (Wildman–Crippen LogP) is 3.26. The summed E-state index contributed by atoms with van der Waals surface area (Å²) < 4.78 is 12.8. The third-order valence-electron chi connectivity index (χ3n) is 3.08. The highest BCUT2D eigenvalue weighted by Crippen LogP contribution is 2.12. The number of halogens is 1. The number of rotatable bonds is 3. The number of carbonyl (C=O) groups excluding carboxylic acids is 2. The van der Waals surface area contributed by atoms with Gasteiger partial charge in [0.1, 0.15) is 5.82 Å². The summed E-state index contributed by atoms with van der Waals surface area (Å²) >= 11 is 0. The van der Waals surface area contributed by atoms with Gasteiger partial charge in [-0.05, 0) is 55.3 Å². The van der Waals surface area contributed by atoms with Crippen molar-refractivity contribution in [1.82, 2.24) is 0 Å². The lowest BCUT2D eigenvalue weighted by Crippen LogP contribution is -2.23. The Labute approximate surface area is 116 Å². The molecule has 2 aromatic carbocycles. The molecule has 2 aromatic rings. The van der Waals surface area contributed by atoms with Crippen LogP contribution in [0.15, 0.2) is 42.5 Å². The number of aryl methyl sites for hydroxylation is 2. The maximum Gasteiger partial charge on any atom is 0.296 e. The minimum absolute atomic E-state index is 0.340. The fourth-order valence-corrected chi connectivity index (χ4v) is 1.73. The molecule has 0 heterocycles. The Morgan fingerprint density at radius 2 is 1.60 bits per heavy atom. The van der Waals surface area contributed by atoms with E-state index in [4.69, 9.17) is 0 Å². The highest BCUT2D eigenvalue weighted by Gasteiger charge is 2.16. The second-order valence-corrected chi connectivity index (χ2v) is 4.59. The van der Waals surface area contributed by atoms with E-state index in [-0.39, 0.29) is 0 Å². The van der Waals surface area contributed by atoms with Gasteiger partial charge in [0.05, 0.1) is 0 Å². The Morgan fingerprint density at radius 1 is 0.950 bits per heavy atom. The van der Waals surface area contributed by atoms with Crippen molar-refractivity contribution in [1.29, 1.82) is 0 Å². The number of ketones is 1. The van der Waals surface area contributed by atoms with Crippen LogP contribution in [-0.2, 0) is 4.79 Å². The van der Waals surface area contributed by atoms with Crippen molar-refractivity contribution in [2.75, 3.05) is 5.32 Å². The van der Waals surface area contributed by atoms with Crippen LogP contribution in [0, 0.1) is 19.7 Å². The number of hydrogen-bond acceptors (Lipinski definition) is 2. The highest BCUT2D eigenvalue weighted by atomic mass is 19.1. The number of carbonyl (C=O) groups is 2. The monoisotopic (exact) mass is 271 g/mol. The highest BCUT2D eigenvalue weighted by molar-refractivity contribution is 6.46. The lowest BCUT2D eigenvalue weighted by atomic mass is 10.0. The average molecular weight is 271 g/mol. The number of Topliss-reactive ketones (excluding diaryl/α,β-unsaturated/α-hetero) is 1. The zero-order valence-electron chi connectivity index (χ0n) is 11.2. The summed E-state index contributed by atoms with van der Waals surface area (Å²) in [4.78, 5) is 23.8. The summed E-state index contributed by atoms with van der Waals surface area (Å²) in [5, 5.41) is 2.45. The second-order valence-electron chi connectivity index (χ2n) is 4.59. The first kappa shape index (κ1) is 13.9. The summed E-state index contributed by atoms with van der Waals surface area (Å²) in [7, 11) is 0. The molecule has 0 saturated heterocycles. The molecule has 0 aliphatic heterocycles. The average Bonchev–Trinajstić information content (AvgIpc) is 2.43. The molecule has 1 N–H and O–H groups in total. The third-order valence-corrected chi connectivity index (χ3v) is 3.08. The standard InChI is InChI=1S/C16H14FNO2/c1-10-3-4-12(9-11(10)2)15(19)16(20)18-14-7-5-13(17)6-8-14/h3-9H,1-2H3,(H,18,20).